The summed E-state index contributed by atoms with van der Waals surface area (Å²) in [6, 6.07) is 11.6. The second kappa shape index (κ2) is 5.09. The van der Waals surface area contributed by atoms with Gasteiger partial charge in [-0.2, -0.15) is 0 Å². The average Bonchev–Trinajstić information content (AvgIpc) is 2.65. The Bertz CT molecular complexity index is 488. The van der Waals surface area contributed by atoms with Crippen LogP contribution in [0.15, 0.2) is 47.5 Å². The molecule has 0 aliphatic rings. The highest BCUT2D eigenvalue weighted by Gasteiger charge is 2.06. The van der Waals surface area contributed by atoms with Crippen molar-refractivity contribution in [1.29, 1.82) is 0 Å². The minimum absolute atomic E-state index is 0. The van der Waals surface area contributed by atoms with Crippen molar-refractivity contribution >= 4 is 11.0 Å². The molecular weight excluding hydrogens is 222 g/mol. The first-order chi connectivity index (χ1) is 7.18. The molecule has 4 heteroatoms. The average molecular weight is 237 g/mol. The monoisotopic (exact) mass is 237 g/mol. The topological polar surface area (TPSA) is 53.5 Å². The number of benzene rings is 1. The van der Waals surface area contributed by atoms with Crippen LogP contribution < -0.4 is 0 Å². The molecule has 86 valence electrons. The molecule has 0 amide bonds. The first kappa shape index (κ1) is 12.7. The van der Waals surface area contributed by atoms with Crippen LogP contribution in [0.25, 0.3) is 0 Å². The van der Waals surface area contributed by atoms with Gasteiger partial charge in [-0.15, -0.1) is 0 Å². The van der Waals surface area contributed by atoms with E-state index >= 15 is 0 Å². The Morgan fingerprint density at radius 3 is 2.19 bits per heavy atom. The van der Waals surface area contributed by atoms with Crippen molar-refractivity contribution in [2.45, 2.75) is 18.7 Å². The Morgan fingerprint density at radius 2 is 1.69 bits per heavy atom. The number of nitrogens with zero attached hydrogens (tertiary/aromatic N) is 1. The molecule has 0 saturated heterocycles. The van der Waals surface area contributed by atoms with Gasteiger partial charge in [0.1, 0.15) is 0 Å². The molecule has 3 nitrogen and oxygen atoms in total. The van der Waals surface area contributed by atoms with Crippen molar-refractivity contribution in [2.24, 2.45) is 0 Å². The third-order valence-corrected chi connectivity index (χ3v) is 3.75. The highest BCUT2D eigenvalue weighted by Crippen LogP contribution is 2.12. The summed E-state index contributed by atoms with van der Waals surface area (Å²) in [5.41, 5.74) is 2.19. The fourth-order valence-corrected chi connectivity index (χ4v) is 2.51. The molecule has 2 N–H and O–H groups in total. The number of hydrogen-bond donors (Lipinski definition) is 0. The molecule has 1 atom stereocenters. The van der Waals surface area contributed by atoms with E-state index in [1.165, 1.54) is 5.56 Å². The summed E-state index contributed by atoms with van der Waals surface area (Å²) in [6.45, 7) is 3.97. The van der Waals surface area contributed by atoms with Crippen LogP contribution in [0.2, 0.25) is 0 Å². The summed E-state index contributed by atoms with van der Waals surface area (Å²) in [5.74, 6) is 0. The molecule has 0 aliphatic heterocycles. The summed E-state index contributed by atoms with van der Waals surface area (Å²) in [7, 11) is -1.12. The summed E-state index contributed by atoms with van der Waals surface area (Å²) < 4.78 is 13.9. The van der Waals surface area contributed by atoms with Crippen LogP contribution in [0.1, 0.15) is 11.3 Å². The van der Waals surface area contributed by atoms with Gasteiger partial charge in [-0.25, -0.2) is 4.21 Å². The van der Waals surface area contributed by atoms with Crippen molar-refractivity contribution in [1.82, 2.24) is 3.97 Å². The standard InChI is InChI=1S/C12H13NOS.H2O/c1-10-5-7-12(8-6-10)15(14)13-9-3-4-11(13)2;/h3-9H,1-2H3;1H2. The van der Waals surface area contributed by atoms with Crippen LogP contribution in [-0.2, 0) is 11.0 Å². The van der Waals surface area contributed by atoms with Crippen LogP contribution in [0.3, 0.4) is 0 Å². The smallest absolute Gasteiger partial charge is 0.156 e. The van der Waals surface area contributed by atoms with E-state index < -0.39 is 11.0 Å². The van der Waals surface area contributed by atoms with Gasteiger partial charge in [0.25, 0.3) is 0 Å². The molecule has 1 aromatic carbocycles. The number of hydrogen-bond acceptors (Lipinski definition) is 1. The number of aryl methyl sites for hydroxylation is 2. The lowest BCUT2D eigenvalue weighted by molar-refractivity contribution is 0.676. The fourth-order valence-electron chi connectivity index (χ4n) is 1.41. The normalized spacial score (nSPS) is 11.9. The Balaban J connectivity index is 0.00000128. The first-order valence-electron chi connectivity index (χ1n) is 4.81. The molecule has 16 heavy (non-hydrogen) atoms. The summed E-state index contributed by atoms with van der Waals surface area (Å²) >= 11 is 0. The van der Waals surface area contributed by atoms with Gasteiger partial charge in [-0.1, -0.05) is 17.7 Å². The van der Waals surface area contributed by atoms with Gasteiger partial charge in [-0.3, -0.25) is 3.97 Å². The SMILES string of the molecule is Cc1ccc(S(=O)n2cccc2C)cc1.O. The Hall–Kier alpha value is -1.39. The number of aromatic nitrogens is 1. The van der Waals surface area contributed by atoms with Crippen LogP contribution in [0.4, 0.5) is 0 Å². The summed E-state index contributed by atoms with van der Waals surface area (Å²) in [5, 5.41) is 0. The van der Waals surface area contributed by atoms with E-state index in [1.54, 1.807) is 3.97 Å². The first-order valence-corrected chi connectivity index (χ1v) is 5.92. The molecule has 1 heterocycles. The van der Waals surface area contributed by atoms with Crippen LogP contribution in [0.5, 0.6) is 0 Å². The van der Waals surface area contributed by atoms with Crippen molar-refractivity contribution in [3.05, 3.63) is 53.9 Å². The zero-order valence-corrected chi connectivity index (χ0v) is 10.1. The maximum atomic E-state index is 12.1. The van der Waals surface area contributed by atoms with E-state index in [0.717, 1.165) is 10.6 Å². The molecule has 0 fully saturated rings. The molecule has 0 aliphatic carbocycles. The zero-order chi connectivity index (χ0) is 10.8. The third-order valence-electron chi connectivity index (χ3n) is 2.31. The second-order valence-electron chi connectivity index (χ2n) is 3.54. The summed E-state index contributed by atoms with van der Waals surface area (Å²) in [6.07, 6.45) is 1.84. The Morgan fingerprint density at radius 1 is 1.06 bits per heavy atom. The van der Waals surface area contributed by atoms with E-state index in [2.05, 4.69) is 0 Å². The highest BCUT2D eigenvalue weighted by atomic mass is 32.2. The van der Waals surface area contributed by atoms with Crippen LogP contribution in [0, 0.1) is 13.8 Å². The molecule has 1 unspecified atom stereocenters. The predicted octanol–water partition coefficient (Wildman–Crippen LogP) is 1.85. The van der Waals surface area contributed by atoms with Crippen LogP contribution >= 0.6 is 0 Å². The molecule has 0 bridgehead atoms. The quantitative estimate of drug-likeness (QED) is 0.786. The van der Waals surface area contributed by atoms with E-state index in [0.29, 0.717) is 0 Å². The van der Waals surface area contributed by atoms with Gasteiger partial charge in [0.15, 0.2) is 11.0 Å². The lowest BCUT2D eigenvalue weighted by atomic mass is 10.2. The van der Waals surface area contributed by atoms with Gasteiger partial charge < -0.3 is 5.48 Å². The second-order valence-corrected chi connectivity index (χ2v) is 4.90. The maximum Gasteiger partial charge on any atom is 0.156 e. The van der Waals surface area contributed by atoms with Gasteiger partial charge in [0.2, 0.25) is 0 Å². The predicted molar refractivity (Wildman–Crippen MR) is 65.8 cm³/mol. The van der Waals surface area contributed by atoms with Crippen LogP contribution in [-0.4, -0.2) is 13.7 Å². The summed E-state index contributed by atoms with van der Waals surface area (Å²) in [4.78, 5) is 0.833. The minimum atomic E-state index is -1.12. The molecule has 2 aromatic rings. The third kappa shape index (κ3) is 2.40. The lowest BCUT2D eigenvalue weighted by Crippen LogP contribution is -2.04. The van der Waals surface area contributed by atoms with E-state index in [1.807, 2.05) is 56.4 Å². The van der Waals surface area contributed by atoms with E-state index in [4.69, 9.17) is 0 Å². The lowest BCUT2D eigenvalue weighted by Gasteiger charge is -2.05. The molecule has 0 spiro atoms. The molecule has 1 aromatic heterocycles. The van der Waals surface area contributed by atoms with Crippen molar-refractivity contribution in [3.8, 4) is 0 Å². The van der Waals surface area contributed by atoms with Gasteiger partial charge in [-0.05, 0) is 38.1 Å². The molecule has 2 rings (SSSR count). The minimum Gasteiger partial charge on any atom is -0.412 e. The zero-order valence-electron chi connectivity index (χ0n) is 9.31. The van der Waals surface area contributed by atoms with Crippen molar-refractivity contribution < 1.29 is 9.69 Å². The Labute approximate surface area is 97.6 Å². The largest absolute Gasteiger partial charge is 0.412 e. The van der Waals surface area contributed by atoms with E-state index in [9.17, 15) is 4.21 Å². The van der Waals surface area contributed by atoms with Gasteiger partial charge >= 0.3 is 0 Å². The Kier molecular flexibility index (Phi) is 4.04. The van der Waals surface area contributed by atoms with Crippen molar-refractivity contribution in [3.63, 3.8) is 0 Å². The van der Waals surface area contributed by atoms with E-state index in [-0.39, 0.29) is 5.48 Å². The molecular formula is C12H15NO2S. The molecule has 0 radical (unpaired) electrons. The van der Waals surface area contributed by atoms with Gasteiger partial charge in [0, 0.05) is 11.9 Å². The fraction of sp³-hybridized carbons (Fsp3) is 0.167. The maximum absolute atomic E-state index is 12.1. The highest BCUT2D eigenvalue weighted by molar-refractivity contribution is 7.83. The van der Waals surface area contributed by atoms with Gasteiger partial charge in [0.05, 0.1) is 4.90 Å². The number of rotatable bonds is 2. The molecule has 0 saturated carbocycles. The van der Waals surface area contributed by atoms with Crippen molar-refractivity contribution in [2.75, 3.05) is 0 Å².